The van der Waals surface area contributed by atoms with Gasteiger partial charge >= 0.3 is 0 Å². The van der Waals surface area contributed by atoms with Gasteiger partial charge in [-0.2, -0.15) is 5.10 Å². The molecule has 0 amide bonds. The summed E-state index contributed by atoms with van der Waals surface area (Å²) in [7, 11) is -3.51. The van der Waals surface area contributed by atoms with Gasteiger partial charge in [0.1, 0.15) is 0 Å². The van der Waals surface area contributed by atoms with E-state index < -0.39 is 10.0 Å². The van der Waals surface area contributed by atoms with Gasteiger partial charge in [-0.3, -0.25) is 4.68 Å². The molecular weight excluding hydrogens is 390 g/mol. The minimum Gasteiger partial charge on any atom is -0.268 e. The highest BCUT2D eigenvalue weighted by Crippen LogP contribution is 2.44. The summed E-state index contributed by atoms with van der Waals surface area (Å²) in [5.41, 5.74) is 2.46. The average Bonchev–Trinajstić information content (AvgIpc) is 3.46. The highest BCUT2D eigenvalue weighted by Gasteiger charge is 2.32. The van der Waals surface area contributed by atoms with Crippen molar-refractivity contribution in [2.24, 2.45) is 0 Å². The predicted molar refractivity (Wildman–Crippen MR) is 95.5 cm³/mol. The van der Waals surface area contributed by atoms with Crippen LogP contribution < -0.4 is 4.72 Å². The van der Waals surface area contributed by atoms with Gasteiger partial charge in [0.05, 0.1) is 17.1 Å². The number of hydrogen-bond donors (Lipinski definition) is 1. The molecule has 0 aliphatic heterocycles. The van der Waals surface area contributed by atoms with Crippen LogP contribution in [0, 0.1) is 0 Å². The van der Waals surface area contributed by atoms with Gasteiger partial charge in [-0.25, -0.2) is 13.1 Å². The maximum absolute atomic E-state index is 12.4. The Hall–Kier alpha value is -1.18. The van der Waals surface area contributed by atoms with Gasteiger partial charge in [0.15, 0.2) is 0 Å². The lowest BCUT2D eigenvalue weighted by Gasteiger charge is -2.10. The van der Waals surface area contributed by atoms with Crippen LogP contribution in [-0.2, 0) is 16.6 Å². The zero-order valence-electron chi connectivity index (χ0n) is 13.3. The van der Waals surface area contributed by atoms with E-state index in [1.807, 2.05) is 4.68 Å². The van der Waals surface area contributed by atoms with Crippen LogP contribution in [0.1, 0.15) is 48.9 Å². The number of halogens is 1. The molecule has 7 heteroatoms. The zero-order chi connectivity index (χ0) is 16.7. The molecular formula is C17H20BrN3O2S. The summed E-state index contributed by atoms with van der Waals surface area (Å²) < 4.78 is 30.1. The second kappa shape index (κ2) is 6.28. The molecule has 0 radical (unpaired) electrons. The maximum Gasteiger partial charge on any atom is 0.241 e. The molecule has 128 valence electrons. The van der Waals surface area contributed by atoms with E-state index in [-0.39, 0.29) is 4.90 Å². The van der Waals surface area contributed by atoms with Gasteiger partial charge in [-0.05, 0) is 59.8 Å². The van der Waals surface area contributed by atoms with Crippen molar-refractivity contribution in [3.8, 4) is 0 Å². The van der Waals surface area contributed by atoms with Crippen LogP contribution in [0.5, 0.6) is 0 Å². The number of sulfonamides is 1. The van der Waals surface area contributed by atoms with E-state index in [4.69, 9.17) is 5.10 Å². The third-order valence-corrected chi connectivity index (χ3v) is 7.04. The number of nitrogens with one attached hydrogen (secondary N) is 1. The Morgan fingerprint density at radius 3 is 2.54 bits per heavy atom. The first-order valence-electron chi connectivity index (χ1n) is 8.36. The fourth-order valence-corrected chi connectivity index (χ4v) is 4.97. The summed E-state index contributed by atoms with van der Waals surface area (Å²) in [5.74, 6) is 1.24. The molecule has 0 unspecified atom stereocenters. The van der Waals surface area contributed by atoms with E-state index in [0.717, 1.165) is 0 Å². The molecule has 0 bridgehead atoms. The van der Waals surface area contributed by atoms with Crippen molar-refractivity contribution >= 4 is 26.0 Å². The van der Waals surface area contributed by atoms with Crippen molar-refractivity contribution in [2.45, 2.75) is 49.0 Å². The minimum atomic E-state index is -3.51. The van der Waals surface area contributed by atoms with Gasteiger partial charge in [-0.1, -0.05) is 12.1 Å². The van der Waals surface area contributed by atoms with E-state index in [9.17, 15) is 8.42 Å². The molecule has 24 heavy (non-hydrogen) atoms. The fraction of sp³-hybridized carbons (Fsp3) is 0.471. The molecule has 2 fully saturated rings. The van der Waals surface area contributed by atoms with Crippen LogP contribution in [-0.4, -0.2) is 24.7 Å². The fourth-order valence-electron chi connectivity index (χ4n) is 2.94. The molecule has 0 spiro atoms. The molecule has 5 nitrogen and oxygen atoms in total. The molecule has 2 aromatic rings. The topological polar surface area (TPSA) is 64.0 Å². The van der Waals surface area contributed by atoms with E-state index in [1.54, 1.807) is 24.3 Å². The van der Waals surface area contributed by atoms with Crippen LogP contribution in [0.4, 0.5) is 0 Å². The summed E-state index contributed by atoms with van der Waals surface area (Å²) in [6, 6.07) is 9.09. The Balaban J connectivity index is 1.45. The van der Waals surface area contributed by atoms with Crippen LogP contribution in [0.15, 0.2) is 39.7 Å². The smallest absolute Gasteiger partial charge is 0.241 e. The normalized spacial score (nSPS) is 18.0. The third kappa shape index (κ3) is 3.43. The Labute approximate surface area is 150 Å². The van der Waals surface area contributed by atoms with Gasteiger partial charge in [0.2, 0.25) is 10.0 Å². The van der Waals surface area contributed by atoms with Crippen LogP contribution >= 0.6 is 15.9 Å². The zero-order valence-corrected chi connectivity index (χ0v) is 15.7. The number of hydrogen-bond acceptors (Lipinski definition) is 3. The second-order valence-corrected chi connectivity index (χ2v) is 9.18. The van der Waals surface area contributed by atoms with Gasteiger partial charge in [0.25, 0.3) is 0 Å². The Bertz CT molecular complexity index is 854. The average molecular weight is 410 g/mol. The molecule has 1 aromatic carbocycles. The third-order valence-electron chi connectivity index (χ3n) is 4.56. The van der Waals surface area contributed by atoms with E-state index in [2.05, 4.69) is 26.7 Å². The van der Waals surface area contributed by atoms with E-state index in [0.29, 0.717) is 29.4 Å². The number of nitrogens with zero attached hydrogens (tertiary/aromatic N) is 2. The van der Waals surface area contributed by atoms with E-state index >= 15 is 0 Å². The van der Waals surface area contributed by atoms with Crippen molar-refractivity contribution in [2.75, 3.05) is 6.54 Å². The van der Waals surface area contributed by atoms with Crippen molar-refractivity contribution in [1.29, 1.82) is 0 Å². The first-order chi connectivity index (χ1) is 11.5. The largest absolute Gasteiger partial charge is 0.268 e. The van der Waals surface area contributed by atoms with Crippen LogP contribution in [0.2, 0.25) is 0 Å². The summed E-state index contributed by atoms with van der Waals surface area (Å²) in [4.78, 5) is 0.270. The number of aromatic nitrogens is 2. The lowest BCUT2D eigenvalue weighted by atomic mass is 10.2. The highest BCUT2D eigenvalue weighted by atomic mass is 79.9. The number of benzene rings is 1. The molecule has 1 N–H and O–H groups in total. The van der Waals surface area contributed by atoms with Crippen molar-refractivity contribution in [1.82, 2.24) is 14.5 Å². The molecule has 0 atom stereocenters. The van der Waals surface area contributed by atoms with Gasteiger partial charge in [0, 0.05) is 28.5 Å². The van der Waals surface area contributed by atoms with Crippen molar-refractivity contribution < 1.29 is 8.42 Å². The predicted octanol–water partition coefficient (Wildman–Crippen LogP) is 3.38. The van der Waals surface area contributed by atoms with E-state index in [1.165, 1.54) is 37.1 Å². The van der Waals surface area contributed by atoms with Crippen molar-refractivity contribution in [3.63, 3.8) is 0 Å². The lowest BCUT2D eigenvalue weighted by molar-refractivity contribution is 0.548. The molecule has 2 aliphatic carbocycles. The molecule has 2 saturated carbocycles. The summed E-state index contributed by atoms with van der Waals surface area (Å²) in [5, 5.41) is 4.72. The molecule has 2 aliphatic rings. The lowest BCUT2D eigenvalue weighted by Crippen LogP contribution is -2.28. The Morgan fingerprint density at radius 1 is 1.17 bits per heavy atom. The van der Waals surface area contributed by atoms with Crippen molar-refractivity contribution in [3.05, 3.63) is 46.2 Å². The second-order valence-electron chi connectivity index (χ2n) is 6.59. The highest BCUT2D eigenvalue weighted by molar-refractivity contribution is 9.10. The minimum absolute atomic E-state index is 0.270. The quantitative estimate of drug-likeness (QED) is 0.761. The molecule has 4 rings (SSSR count). The van der Waals surface area contributed by atoms with Gasteiger partial charge in [-0.15, -0.1) is 0 Å². The van der Waals surface area contributed by atoms with Gasteiger partial charge < -0.3 is 0 Å². The first-order valence-corrected chi connectivity index (χ1v) is 10.6. The SMILES string of the molecule is O=S(=O)(NCCn1nc(C2CC2)cc1C1CC1)c1ccccc1Br. The monoisotopic (exact) mass is 409 g/mol. The summed E-state index contributed by atoms with van der Waals surface area (Å²) in [6.45, 7) is 0.914. The standard InChI is InChI=1S/C17H20BrN3O2S/c18-14-3-1-2-4-17(14)24(22,23)19-9-10-21-16(13-7-8-13)11-15(20-21)12-5-6-12/h1-4,11-13,19H,5-10H2. The number of rotatable bonds is 7. The maximum atomic E-state index is 12.4. The van der Waals surface area contributed by atoms with Crippen LogP contribution in [0.3, 0.4) is 0 Å². The Morgan fingerprint density at radius 2 is 1.88 bits per heavy atom. The molecule has 1 heterocycles. The molecule has 1 aromatic heterocycles. The summed E-state index contributed by atoms with van der Waals surface area (Å²) in [6.07, 6.45) is 4.91. The first kappa shape index (κ1) is 16.3. The van der Waals surface area contributed by atoms with Crippen LogP contribution in [0.25, 0.3) is 0 Å². The Kier molecular flexibility index (Phi) is 4.26. The summed E-state index contributed by atoms with van der Waals surface area (Å²) >= 11 is 3.30. The molecule has 0 saturated heterocycles.